The molecule has 1 atom stereocenters. The Hall–Kier alpha value is -2.08. The van der Waals surface area contributed by atoms with Crippen molar-refractivity contribution < 1.29 is 13.2 Å². The van der Waals surface area contributed by atoms with Crippen LogP contribution in [0, 0.1) is 6.92 Å². The van der Waals surface area contributed by atoms with Crippen molar-refractivity contribution in [3.05, 3.63) is 69.3 Å². The van der Waals surface area contributed by atoms with Crippen LogP contribution in [-0.2, 0) is 21.4 Å². The topological polar surface area (TPSA) is 83.5 Å². The van der Waals surface area contributed by atoms with E-state index in [0.717, 1.165) is 27.1 Å². The quantitative estimate of drug-likeness (QED) is 0.296. The maximum Gasteiger partial charge on any atom is 0.253 e. The summed E-state index contributed by atoms with van der Waals surface area (Å²) in [6.07, 6.45) is 2.67. The molecule has 4 aromatic rings. The molecular weight excluding hydrogens is 547 g/mol. The number of benzene rings is 1. The van der Waals surface area contributed by atoms with E-state index in [-0.39, 0.29) is 23.2 Å². The van der Waals surface area contributed by atoms with Gasteiger partial charge in [-0.15, -0.1) is 11.3 Å². The Balaban J connectivity index is 1.54. The standard InChI is InChI=1S/C23H20Cl2N4O3S3/c1-14-11-15(24)12-18-21(14)27-23(33-18)28(13-16-5-2-3-9-26-16)22(30)17-6-4-10-29(17)35(31,32)20-8-7-19(25)34-20/h2-3,5,7-9,11-12,17H,4,6,10,13H2,1H3. The molecule has 4 heterocycles. The van der Waals surface area contributed by atoms with Crippen molar-refractivity contribution >= 4 is 77.2 Å². The fraction of sp³-hybridized carbons (Fsp3) is 0.261. The first-order valence-corrected chi connectivity index (χ1v) is 14.6. The molecule has 1 amide bonds. The number of rotatable bonds is 6. The van der Waals surface area contributed by atoms with E-state index in [1.54, 1.807) is 23.2 Å². The van der Waals surface area contributed by atoms with E-state index in [0.29, 0.717) is 33.0 Å². The van der Waals surface area contributed by atoms with Gasteiger partial charge in [0, 0.05) is 17.8 Å². The van der Waals surface area contributed by atoms with Crippen LogP contribution in [0.3, 0.4) is 0 Å². The van der Waals surface area contributed by atoms with Gasteiger partial charge in [-0.1, -0.05) is 40.6 Å². The van der Waals surface area contributed by atoms with Crippen LogP contribution in [0.1, 0.15) is 24.1 Å². The number of sulfonamides is 1. The number of thiazole rings is 1. The number of halogens is 2. The van der Waals surface area contributed by atoms with Crippen molar-refractivity contribution in [2.75, 3.05) is 11.4 Å². The fourth-order valence-electron chi connectivity index (χ4n) is 4.16. The van der Waals surface area contributed by atoms with Gasteiger partial charge in [0.25, 0.3) is 10.0 Å². The van der Waals surface area contributed by atoms with Crippen molar-refractivity contribution in [1.29, 1.82) is 0 Å². The minimum absolute atomic E-state index is 0.128. The van der Waals surface area contributed by atoms with Gasteiger partial charge in [0.05, 0.1) is 26.8 Å². The summed E-state index contributed by atoms with van der Waals surface area (Å²) >= 11 is 14.6. The van der Waals surface area contributed by atoms with E-state index in [4.69, 9.17) is 28.2 Å². The second kappa shape index (κ2) is 9.76. The molecule has 5 rings (SSSR count). The van der Waals surface area contributed by atoms with Gasteiger partial charge in [0.1, 0.15) is 10.3 Å². The summed E-state index contributed by atoms with van der Waals surface area (Å²) in [7, 11) is -3.87. The second-order valence-electron chi connectivity index (χ2n) is 8.14. The fourth-order valence-corrected chi connectivity index (χ4v) is 8.85. The predicted octanol–water partition coefficient (Wildman–Crippen LogP) is 5.75. The zero-order valence-electron chi connectivity index (χ0n) is 18.5. The van der Waals surface area contributed by atoms with Crippen LogP contribution in [0.15, 0.2) is 52.9 Å². The molecular formula is C23H20Cl2N4O3S3. The molecule has 0 saturated carbocycles. The minimum Gasteiger partial charge on any atom is -0.281 e. The highest BCUT2D eigenvalue weighted by atomic mass is 35.5. The normalized spacial score (nSPS) is 16.7. The number of carbonyl (C=O) groups is 1. The molecule has 0 aliphatic carbocycles. The van der Waals surface area contributed by atoms with Crippen molar-refractivity contribution in [2.45, 2.75) is 36.6 Å². The highest BCUT2D eigenvalue weighted by molar-refractivity contribution is 7.91. The molecule has 1 aliphatic heterocycles. The van der Waals surface area contributed by atoms with Gasteiger partial charge in [0.2, 0.25) is 5.91 Å². The minimum atomic E-state index is -3.87. The van der Waals surface area contributed by atoms with Crippen LogP contribution >= 0.6 is 45.9 Å². The molecule has 1 aromatic carbocycles. The molecule has 0 spiro atoms. The SMILES string of the molecule is Cc1cc(Cl)cc2sc(N(Cc3ccccn3)C(=O)C3CCCN3S(=O)(=O)c3ccc(Cl)s3)nc12. The summed E-state index contributed by atoms with van der Waals surface area (Å²) < 4.78 is 29.4. The molecule has 0 bridgehead atoms. The van der Waals surface area contributed by atoms with Gasteiger partial charge < -0.3 is 0 Å². The molecule has 0 radical (unpaired) electrons. The Morgan fingerprint density at radius 2 is 2.03 bits per heavy atom. The Labute approximate surface area is 221 Å². The van der Waals surface area contributed by atoms with Crippen molar-refractivity contribution in [2.24, 2.45) is 0 Å². The number of pyridine rings is 1. The van der Waals surface area contributed by atoms with Crippen molar-refractivity contribution in [3.8, 4) is 0 Å². The lowest BCUT2D eigenvalue weighted by molar-refractivity contribution is -0.121. The first-order chi connectivity index (χ1) is 16.7. The molecule has 3 aromatic heterocycles. The predicted molar refractivity (Wildman–Crippen MR) is 141 cm³/mol. The number of carbonyl (C=O) groups excluding carboxylic acids is 1. The summed E-state index contributed by atoms with van der Waals surface area (Å²) in [6, 6.07) is 11.3. The number of amides is 1. The summed E-state index contributed by atoms with van der Waals surface area (Å²) in [6.45, 7) is 2.35. The largest absolute Gasteiger partial charge is 0.281 e. The Bertz CT molecular complexity index is 1500. The number of fused-ring (bicyclic) bond motifs is 1. The zero-order chi connectivity index (χ0) is 24.7. The van der Waals surface area contributed by atoms with Gasteiger partial charge in [-0.05, 0) is 61.7 Å². The second-order valence-corrected chi connectivity index (χ2v) is 13.4. The highest BCUT2D eigenvalue weighted by Gasteiger charge is 2.42. The van der Waals surface area contributed by atoms with Gasteiger partial charge in [-0.3, -0.25) is 14.7 Å². The first-order valence-electron chi connectivity index (χ1n) is 10.8. The van der Waals surface area contributed by atoms with Crippen LogP contribution < -0.4 is 4.90 Å². The zero-order valence-corrected chi connectivity index (χ0v) is 22.5. The molecule has 0 N–H and O–H groups in total. The highest BCUT2D eigenvalue weighted by Crippen LogP contribution is 2.37. The van der Waals surface area contributed by atoms with E-state index >= 15 is 0 Å². The van der Waals surface area contributed by atoms with Crippen LogP contribution in [0.2, 0.25) is 9.36 Å². The first kappa shape index (κ1) is 24.6. The van der Waals surface area contributed by atoms with Gasteiger partial charge in [0.15, 0.2) is 5.13 Å². The number of hydrogen-bond acceptors (Lipinski definition) is 7. The molecule has 12 heteroatoms. The van der Waals surface area contributed by atoms with Gasteiger partial charge in [-0.25, -0.2) is 13.4 Å². The Morgan fingerprint density at radius 3 is 2.74 bits per heavy atom. The number of hydrogen-bond donors (Lipinski definition) is 0. The molecule has 1 fully saturated rings. The summed E-state index contributed by atoms with van der Waals surface area (Å²) in [5, 5.41) is 1.07. The lowest BCUT2D eigenvalue weighted by Gasteiger charge is -2.28. The molecule has 7 nitrogen and oxygen atoms in total. The third-order valence-electron chi connectivity index (χ3n) is 5.78. The summed E-state index contributed by atoms with van der Waals surface area (Å²) in [4.78, 5) is 24.6. The monoisotopic (exact) mass is 566 g/mol. The molecule has 1 unspecified atom stereocenters. The number of aromatic nitrogens is 2. The van der Waals surface area contributed by atoms with E-state index < -0.39 is 16.1 Å². The number of nitrogens with zero attached hydrogens (tertiary/aromatic N) is 4. The van der Waals surface area contributed by atoms with E-state index in [9.17, 15) is 13.2 Å². The maximum absolute atomic E-state index is 14.0. The van der Waals surface area contributed by atoms with Crippen LogP contribution in [0.5, 0.6) is 0 Å². The van der Waals surface area contributed by atoms with E-state index in [1.165, 1.54) is 21.7 Å². The van der Waals surface area contributed by atoms with Crippen LogP contribution in [0.25, 0.3) is 10.2 Å². The molecule has 1 aliphatic rings. The van der Waals surface area contributed by atoms with Crippen molar-refractivity contribution in [1.82, 2.24) is 14.3 Å². The molecule has 35 heavy (non-hydrogen) atoms. The molecule has 182 valence electrons. The lowest BCUT2D eigenvalue weighted by Crippen LogP contribution is -2.47. The van der Waals surface area contributed by atoms with E-state index in [1.807, 2.05) is 31.2 Å². The number of anilines is 1. The van der Waals surface area contributed by atoms with E-state index in [2.05, 4.69) is 4.98 Å². The maximum atomic E-state index is 14.0. The van der Waals surface area contributed by atoms with Gasteiger partial charge >= 0.3 is 0 Å². The van der Waals surface area contributed by atoms with Gasteiger partial charge in [-0.2, -0.15) is 4.31 Å². The van der Waals surface area contributed by atoms with Crippen molar-refractivity contribution in [3.63, 3.8) is 0 Å². The summed E-state index contributed by atoms with van der Waals surface area (Å²) in [5.41, 5.74) is 2.34. The Morgan fingerprint density at radius 1 is 1.20 bits per heavy atom. The van der Waals surface area contributed by atoms with Crippen LogP contribution in [0.4, 0.5) is 5.13 Å². The smallest absolute Gasteiger partial charge is 0.253 e. The Kier molecular flexibility index (Phi) is 6.86. The number of aryl methyl sites for hydroxylation is 1. The summed E-state index contributed by atoms with van der Waals surface area (Å²) in [5.74, 6) is -0.331. The van der Waals surface area contributed by atoms with Crippen LogP contribution in [-0.4, -0.2) is 41.2 Å². The molecule has 1 saturated heterocycles. The lowest BCUT2D eigenvalue weighted by atomic mass is 10.2. The third-order valence-corrected chi connectivity index (χ3v) is 10.6. The third kappa shape index (κ3) is 4.83. The average Bonchev–Trinajstić information content (AvgIpc) is 3.57. The number of thiophene rings is 1. The average molecular weight is 568 g/mol.